The van der Waals surface area contributed by atoms with Gasteiger partial charge in [-0.05, 0) is 54.1 Å². The van der Waals surface area contributed by atoms with Crippen molar-refractivity contribution in [2.75, 3.05) is 32.7 Å². The van der Waals surface area contributed by atoms with Crippen LogP contribution in [0.3, 0.4) is 0 Å². The topological polar surface area (TPSA) is 24.3 Å². The molecule has 1 fully saturated rings. The van der Waals surface area contributed by atoms with Gasteiger partial charge in [0.25, 0.3) is 0 Å². The molecule has 0 bridgehead atoms. The van der Waals surface area contributed by atoms with E-state index in [1.54, 1.807) is 12.1 Å². The van der Waals surface area contributed by atoms with E-state index in [-0.39, 0.29) is 5.82 Å². The highest BCUT2D eigenvalue weighted by atomic mass is 35.5. The van der Waals surface area contributed by atoms with Crippen molar-refractivity contribution in [3.8, 4) is 28.1 Å². The first-order valence-corrected chi connectivity index (χ1v) is 12.1. The van der Waals surface area contributed by atoms with Gasteiger partial charge in [0, 0.05) is 48.9 Å². The molecule has 0 spiro atoms. The summed E-state index contributed by atoms with van der Waals surface area (Å²) >= 11 is 6.36. The molecule has 4 nitrogen and oxygen atoms in total. The number of likely N-dealkylation sites (N-methyl/N-ethyl adjacent to an activating group) is 1. The van der Waals surface area contributed by atoms with Gasteiger partial charge in [-0.2, -0.15) is 5.10 Å². The monoisotopic (exact) mass is 474 g/mol. The maximum Gasteiger partial charge on any atom is 0.123 e. The summed E-state index contributed by atoms with van der Waals surface area (Å²) in [6, 6.07) is 22.8. The van der Waals surface area contributed by atoms with E-state index in [4.69, 9.17) is 16.7 Å². The Bertz CT molecular complexity index is 1240. The van der Waals surface area contributed by atoms with Crippen LogP contribution in [0.25, 0.3) is 28.1 Å². The summed E-state index contributed by atoms with van der Waals surface area (Å²) in [4.78, 5) is 4.99. The Labute approximate surface area is 205 Å². The molecule has 0 unspecified atom stereocenters. The fourth-order valence-corrected chi connectivity index (χ4v) is 4.77. The van der Waals surface area contributed by atoms with E-state index >= 15 is 0 Å². The number of hydrogen-bond donors (Lipinski definition) is 0. The number of rotatable bonds is 6. The Hall–Kier alpha value is -2.99. The minimum absolute atomic E-state index is 0.230. The standard InChI is InChI=1S/C28H28ClFN4/c1-2-32-14-16-33(17-15-32)20-24-19-31-34(28(24)23-4-3-5-25(29)18-23)27-12-8-22(9-13-27)21-6-10-26(30)11-7-21/h3-13,18-19H,2,14-17,20H2,1H3. The molecule has 0 atom stereocenters. The molecule has 0 aliphatic carbocycles. The Morgan fingerprint density at radius 2 is 1.47 bits per heavy atom. The highest BCUT2D eigenvalue weighted by Gasteiger charge is 2.20. The number of hydrogen-bond acceptors (Lipinski definition) is 3. The first kappa shape index (κ1) is 22.8. The predicted octanol–water partition coefficient (Wildman–Crippen LogP) is 6.14. The lowest BCUT2D eigenvalue weighted by molar-refractivity contribution is 0.132. The molecule has 1 aliphatic heterocycles. The molecule has 5 rings (SSSR count). The van der Waals surface area contributed by atoms with Crippen LogP contribution in [0.2, 0.25) is 5.02 Å². The summed E-state index contributed by atoms with van der Waals surface area (Å²) in [7, 11) is 0. The van der Waals surface area contributed by atoms with Crippen LogP contribution in [0.1, 0.15) is 12.5 Å². The van der Waals surface area contributed by atoms with Crippen LogP contribution < -0.4 is 0 Å². The predicted molar refractivity (Wildman–Crippen MR) is 137 cm³/mol. The normalized spacial score (nSPS) is 15.0. The van der Waals surface area contributed by atoms with E-state index in [2.05, 4.69) is 47.1 Å². The van der Waals surface area contributed by atoms with Crippen LogP contribution >= 0.6 is 11.6 Å². The van der Waals surface area contributed by atoms with Gasteiger partial charge in [0.15, 0.2) is 0 Å². The fraction of sp³-hybridized carbons (Fsp3) is 0.250. The van der Waals surface area contributed by atoms with Crippen molar-refractivity contribution in [2.45, 2.75) is 13.5 Å². The zero-order valence-corrected chi connectivity index (χ0v) is 20.0. The zero-order valence-electron chi connectivity index (χ0n) is 19.3. The SMILES string of the molecule is CCN1CCN(Cc2cnn(-c3ccc(-c4ccc(F)cc4)cc3)c2-c2cccc(Cl)c2)CC1. The third-order valence-electron chi connectivity index (χ3n) is 6.54. The van der Waals surface area contributed by atoms with E-state index in [0.29, 0.717) is 5.02 Å². The van der Waals surface area contributed by atoms with E-state index < -0.39 is 0 Å². The lowest BCUT2D eigenvalue weighted by atomic mass is 10.0. The molecule has 0 N–H and O–H groups in total. The second-order valence-corrected chi connectivity index (χ2v) is 9.14. The van der Waals surface area contributed by atoms with Gasteiger partial charge in [-0.1, -0.05) is 54.9 Å². The van der Waals surface area contributed by atoms with Crippen LogP contribution in [-0.4, -0.2) is 52.3 Å². The van der Waals surface area contributed by atoms with Crippen LogP contribution in [0.4, 0.5) is 4.39 Å². The fourth-order valence-electron chi connectivity index (χ4n) is 4.58. The van der Waals surface area contributed by atoms with Crippen molar-refractivity contribution in [3.63, 3.8) is 0 Å². The lowest BCUT2D eigenvalue weighted by Gasteiger charge is -2.34. The number of piperazine rings is 1. The van der Waals surface area contributed by atoms with Gasteiger partial charge in [0.1, 0.15) is 5.82 Å². The van der Waals surface area contributed by atoms with E-state index in [0.717, 1.165) is 67.3 Å². The molecule has 0 saturated carbocycles. The summed E-state index contributed by atoms with van der Waals surface area (Å²) < 4.78 is 15.3. The third-order valence-corrected chi connectivity index (χ3v) is 6.77. The number of nitrogens with zero attached hydrogens (tertiary/aromatic N) is 4. The molecule has 1 aromatic heterocycles. The third kappa shape index (κ3) is 4.92. The lowest BCUT2D eigenvalue weighted by Crippen LogP contribution is -2.45. The van der Waals surface area contributed by atoms with Crippen molar-refractivity contribution in [3.05, 3.63) is 95.4 Å². The van der Waals surface area contributed by atoms with Crippen LogP contribution in [0, 0.1) is 5.82 Å². The van der Waals surface area contributed by atoms with E-state index in [1.165, 1.54) is 17.7 Å². The average molecular weight is 475 g/mol. The van der Waals surface area contributed by atoms with Gasteiger partial charge in [-0.3, -0.25) is 4.90 Å². The maximum absolute atomic E-state index is 13.3. The molecule has 0 amide bonds. The molecular weight excluding hydrogens is 447 g/mol. The van der Waals surface area contributed by atoms with Gasteiger partial charge >= 0.3 is 0 Å². The van der Waals surface area contributed by atoms with Crippen molar-refractivity contribution in [1.82, 2.24) is 19.6 Å². The van der Waals surface area contributed by atoms with Crippen LogP contribution in [0.5, 0.6) is 0 Å². The number of aromatic nitrogens is 2. The molecule has 2 heterocycles. The van der Waals surface area contributed by atoms with Crippen LogP contribution in [-0.2, 0) is 6.54 Å². The first-order valence-electron chi connectivity index (χ1n) is 11.7. The quantitative estimate of drug-likeness (QED) is 0.335. The Morgan fingerprint density at radius 1 is 0.824 bits per heavy atom. The minimum Gasteiger partial charge on any atom is -0.301 e. The van der Waals surface area contributed by atoms with Crippen molar-refractivity contribution in [2.24, 2.45) is 0 Å². The molecule has 0 radical (unpaired) electrons. The summed E-state index contributed by atoms with van der Waals surface area (Å²) in [6.07, 6.45) is 1.98. The summed E-state index contributed by atoms with van der Waals surface area (Å²) in [5.41, 5.74) is 6.30. The molecule has 1 saturated heterocycles. The molecule has 4 aromatic rings. The van der Waals surface area contributed by atoms with E-state index in [9.17, 15) is 4.39 Å². The molecule has 3 aromatic carbocycles. The number of halogens is 2. The molecule has 6 heteroatoms. The minimum atomic E-state index is -0.230. The first-order chi connectivity index (χ1) is 16.6. The van der Waals surface area contributed by atoms with E-state index in [1.807, 2.05) is 29.1 Å². The Morgan fingerprint density at radius 3 is 2.12 bits per heavy atom. The second-order valence-electron chi connectivity index (χ2n) is 8.70. The number of benzene rings is 3. The van der Waals surface area contributed by atoms with Crippen molar-refractivity contribution in [1.29, 1.82) is 0 Å². The highest BCUT2D eigenvalue weighted by Crippen LogP contribution is 2.31. The Balaban J connectivity index is 1.48. The smallest absolute Gasteiger partial charge is 0.123 e. The summed E-state index contributed by atoms with van der Waals surface area (Å²) in [5.74, 6) is -0.230. The zero-order chi connectivity index (χ0) is 23.5. The average Bonchev–Trinajstić information content (AvgIpc) is 3.28. The van der Waals surface area contributed by atoms with Gasteiger partial charge in [0.05, 0.1) is 17.6 Å². The molecule has 1 aliphatic rings. The molecule has 34 heavy (non-hydrogen) atoms. The van der Waals surface area contributed by atoms with Gasteiger partial charge in [-0.15, -0.1) is 0 Å². The highest BCUT2D eigenvalue weighted by molar-refractivity contribution is 6.30. The van der Waals surface area contributed by atoms with Crippen LogP contribution in [0.15, 0.2) is 79.0 Å². The van der Waals surface area contributed by atoms with Gasteiger partial charge in [-0.25, -0.2) is 9.07 Å². The maximum atomic E-state index is 13.3. The largest absolute Gasteiger partial charge is 0.301 e. The molecule has 174 valence electrons. The summed E-state index contributed by atoms with van der Waals surface area (Å²) in [6.45, 7) is 8.49. The molecular formula is C28H28ClFN4. The summed E-state index contributed by atoms with van der Waals surface area (Å²) in [5, 5.41) is 5.50. The second kappa shape index (κ2) is 10.1. The van der Waals surface area contributed by atoms with Crippen molar-refractivity contribution < 1.29 is 4.39 Å². The van der Waals surface area contributed by atoms with Gasteiger partial charge < -0.3 is 4.90 Å². The van der Waals surface area contributed by atoms with Crippen molar-refractivity contribution >= 4 is 11.6 Å². The van der Waals surface area contributed by atoms with Gasteiger partial charge in [0.2, 0.25) is 0 Å². The Kier molecular flexibility index (Phi) is 6.77.